The van der Waals surface area contributed by atoms with Gasteiger partial charge in [0, 0.05) is 18.6 Å². The van der Waals surface area contributed by atoms with Crippen LogP contribution in [0.2, 0.25) is 0 Å². The van der Waals surface area contributed by atoms with Crippen molar-refractivity contribution in [1.82, 2.24) is 5.32 Å². The Hall–Kier alpha value is -0.570. The molecule has 0 radical (unpaired) electrons. The van der Waals surface area contributed by atoms with Gasteiger partial charge in [0.05, 0.1) is 0 Å². The van der Waals surface area contributed by atoms with Gasteiger partial charge in [-0.25, -0.2) is 0 Å². The molecule has 1 saturated carbocycles. The monoisotopic (exact) mass is 241 g/mol. The average molecular weight is 241 g/mol. The summed E-state index contributed by atoms with van der Waals surface area (Å²) in [6.45, 7) is 6.99. The van der Waals surface area contributed by atoms with Crippen LogP contribution in [0.15, 0.2) is 0 Å². The van der Waals surface area contributed by atoms with Gasteiger partial charge in [0.1, 0.15) is 0 Å². The molecule has 1 aliphatic carbocycles. The Morgan fingerprint density at radius 3 is 2.41 bits per heavy atom. The molecule has 3 heteroatoms. The topological polar surface area (TPSA) is 49.3 Å². The van der Waals surface area contributed by atoms with Gasteiger partial charge in [-0.15, -0.1) is 0 Å². The molecule has 100 valence electrons. The lowest BCUT2D eigenvalue weighted by Gasteiger charge is -2.31. The second-order valence-electron chi connectivity index (χ2n) is 5.93. The first-order valence-electron chi connectivity index (χ1n) is 6.90. The molecule has 0 saturated heterocycles. The summed E-state index contributed by atoms with van der Waals surface area (Å²) in [6.07, 6.45) is 5.55. The number of hydrogen-bond acceptors (Lipinski definition) is 2. The molecule has 17 heavy (non-hydrogen) atoms. The van der Waals surface area contributed by atoms with Gasteiger partial charge in [0.25, 0.3) is 0 Å². The van der Waals surface area contributed by atoms with Crippen LogP contribution in [0.3, 0.4) is 0 Å². The average Bonchev–Trinajstić information content (AvgIpc) is 2.36. The zero-order valence-corrected chi connectivity index (χ0v) is 11.5. The second-order valence-corrected chi connectivity index (χ2v) is 5.93. The molecule has 1 amide bonds. The molecule has 0 bridgehead atoms. The predicted octanol–water partition coefficient (Wildman–Crippen LogP) is 2.34. The third kappa shape index (κ3) is 3.98. The number of aliphatic hydroxyl groups excluding tert-OH is 1. The fourth-order valence-electron chi connectivity index (χ4n) is 2.42. The van der Waals surface area contributed by atoms with Crippen LogP contribution in [-0.4, -0.2) is 24.2 Å². The van der Waals surface area contributed by atoms with E-state index in [0.29, 0.717) is 11.8 Å². The molecule has 0 spiro atoms. The van der Waals surface area contributed by atoms with Crippen LogP contribution < -0.4 is 5.32 Å². The highest BCUT2D eigenvalue weighted by molar-refractivity contribution is 5.81. The van der Waals surface area contributed by atoms with E-state index >= 15 is 0 Å². The third-order valence-electron chi connectivity index (χ3n) is 4.32. The maximum Gasteiger partial charge on any atom is 0.225 e. The second kappa shape index (κ2) is 6.39. The lowest BCUT2D eigenvalue weighted by Crippen LogP contribution is -2.41. The number of aliphatic hydroxyl groups is 1. The maximum atomic E-state index is 12.0. The minimum Gasteiger partial charge on any atom is -0.396 e. The van der Waals surface area contributed by atoms with Crippen molar-refractivity contribution in [1.29, 1.82) is 0 Å². The smallest absolute Gasteiger partial charge is 0.225 e. The molecule has 1 fully saturated rings. The third-order valence-corrected chi connectivity index (χ3v) is 4.32. The summed E-state index contributed by atoms with van der Waals surface area (Å²) in [4.78, 5) is 12.0. The SMILES string of the molecule is CCC(C)(C)C(=O)NCC1CCCCC1CO. The molecule has 0 heterocycles. The lowest BCUT2D eigenvalue weighted by molar-refractivity contribution is -0.129. The highest BCUT2D eigenvalue weighted by Gasteiger charge is 2.28. The van der Waals surface area contributed by atoms with E-state index in [1.54, 1.807) is 0 Å². The Labute approximate surface area is 105 Å². The van der Waals surface area contributed by atoms with Crippen molar-refractivity contribution >= 4 is 5.91 Å². The summed E-state index contributed by atoms with van der Waals surface area (Å²) in [7, 11) is 0. The Balaban J connectivity index is 2.41. The largest absolute Gasteiger partial charge is 0.396 e. The van der Waals surface area contributed by atoms with E-state index in [1.807, 2.05) is 20.8 Å². The van der Waals surface area contributed by atoms with Gasteiger partial charge >= 0.3 is 0 Å². The summed E-state index contributed by atoms with van der Waals surface area (Å²) in [5, 5.41) is 12.4. The molecule has 2 unspecified atom stereocenters. The molecule has 0 aliphatic heterocycles. The molecule has 1 aliphatic rings. The van der Waals surface area contributed by atoms with E-state index in [-0.39, 0.29) is 17.9 Å². The summed E-state index contributed by atoms with van der Waals surface area (Å²) in [6, 6.07) is 0. The van der Waals surface area contributed by atoms with Gasteiger partial charge in [-0.1, -0.05) is 33.6 Å². The number of rotatable bonds is 5. The van der Waals surface area contributed by atoms with Crippen molar-refractivity contribution < 1.29 is 9.90 Å². The minimum atomic E-state index is -0.274. The summed E-state index contributed by atoms with van der Waals surface area (Å²) >= 11 is 0. The quantitative estimate of drug-likeness (QED) is 0.776. The van der Waals surface area contributed by atoms with Gasteiger partial charge in [-0.3, -0.25) is 4.79 Å². The molecule has 3 nitrogen and oxygen atoms in total. The van der Waals surface area contributed by atoms with Crippen LogP contribution in [0.25, 0.3) is 0 Å². The Morgan fingerprint density at radius 2 is 1.88 bits per heavy atom. The van der Waals surface area contributed by atoms with E-state index in [0.717, 1.165) is 25.8 Å². The highest BCUT2D eigenvalue weighted by Crippen LogP contribution is 2.29. The first-order valence-corrected chi connectivity index (χ1v) is 6.90. The van der Waals surface area contributed by atoms with Gasteiger partial charge in [-0.05, 0) is 31.1 Å². The van der Waals surface area contributed by atoms with Gasteiger partial charge in [0.15, 0.2) is 0 Å². The van der Waals surface area contributed by atoms with Crippen LogP contribution in [0.4, 0.5) is 0 Å². The van der Waals surface area contributed by atoms with Gasteiger partial charge < -0.3 is 10.4 Å². The Kier molecular flexibility index (Phi) is 5.44. The van der Waals surface area contributed by atoms with Crippen LogP contribution >= 0.6 is 0 Å². The lowest BCUT2D eigenvalue weighted by atomic mass is 9.79. The summed E-state index contributed by atoms with van der Waals surface area (Å²) in [5.41, 5.74) is -0.274. The molecule has 0 aromatic rings. The van der Waals surface area contributed by atoms with E-state index in [2.05, 4.69) is 5.32 Å². The van der Waals surface area contributed by atoms with Crippen LogP contribution in [0.1, 0.15) is 52.9 Å². The standard InChI is InChI=1S/C14H27NO2/c1-4-14(2,3)13(17)15-9-11-7-5-6-8-12(11)10-16/h11-12,16H,4-10H2,1-3H3,(H,15,17). The van der Waals surface area contributed by atoms with E-state index in [1.165, 1.54) is 12.8 Å². The molecule has 1 rings (SSSR count). The van der Waals surface area contributed by atoms with E-state index in [9.17, 15) is 9.90 Å². The molecule has 2 atom stereocenters. The van der Waals surface area contributed by atoms with Crippen LogP contribution in [0, 0.1) is 17.3 Å². The first kappa shape index (κ1) is 14.5. The van der Waals surface area contributed by atoms with E-state index < -0.39 is 0 Å². The Morgan fingerprint density at radius 1 is 1.29 bits per heavy atom. The predicted molar refractivity (Wildman–Crippen MR) is 69.6 cm³/mol. The normalized spacial score (nSPS) is 25.6. The maximum absolute atomic E-state index is 12.0. The molecular formula is C14H27NO2. The molecule has 0 aromatic carbocycles. The van der Waals surface area contributed by atoms with Crippen molar-refractivity contribution in [3.63, 3.8) is 0 Å². The summed E-state index contributed by atoms with van der Waals surface area (Å²) in [5.74, 6) is 0.987. The van der Waals surface area contributed by atoms with Gasteiger partial charge in [0.2, 0.25) is 5.91 Å². The van der Waals surface area contributed by atoms with Crippen molar-refractivity contribution in [2.75, 3.05) is 13.2 Å². The number of carbonyl (C=O) groups is 1. The number of hydrogen-bond donors (Lipinski definition) is 2. The number of carbonyl (C=O) groups excluding carboxylic acids is 1. The van der Waals surface area contributed by atoms with Crippen LogP contribution in [-0.2, 0) is 4.79 Å². The highest BCUT2D eigenvalue weighted by atomic mass is 16.3. The van der Waals surface area contributed by atoms with E-state index in [4.69, 9.17) is 0 Å². The van der Waals surface area contributed by atoms with Crippen LogP contribution in [0.5, 0.6) is 0 Å². The van der Waals surface area contributed by atoms with Crippen molar-refractivity contribution in [2.24, 2.45) is 17.3 Å². The van der Waals surface area contributed by atoms with Crippen molar-refractivity contribution in [2.45, 2.75) is 52.9 Å². The molecule has 2 N–H and O–H groups in total. The number of amides is 1. The van der Waals surface area contributed by atoms with Crippen molar-refractivity contribution in [3.05, 3.63) is 0 Å². The molecular weight excluding hydrogens is 214 g/mol. The summed E-state index contributed by atoms with van der Waals surface area (Å²) < 4.78 is 0. The fraction of sp³-hybridized carbons (Fsp3) is 0.929. The Bertz CT molecular complexity index is 251. The molecule has 0 aromatic heterocycles. The minimum absolute atomic E-state index is 0.141. The zero-order valence-electron chi connectivity index (χ0n) is 11.5. The first-order chi connectivity index (χ1) is 8.01. The van der Waals surface area contributed by atoms with Crippen molar-refractivity contribution in [3.8, 4) is 0 Å². The number of nitrogens with one attached hydrogen (secondary N) is 1. The fourth-order valence-corrected chi connectivity index (χ4v) is 2.42. The zero-order chi connectivity index (χ0) is 12.9. The van der Waals surface area contributed by atoms with Gasteiger partial charge in [-0.2, -0.15) is 0 Å².